The SMILES string of the molecule is CN(Cc1cc(C(F)(F)F)cc(C(F)(F)F)c1)C(=O)[C@@H]1CCN(C(=O)C(N)=O)C[C@H]1c1ccc(Cl)c(Cl)c1. The molecule has 3 rings (SSSR count). The fraction of sp³-hybridized carbons (Fsp3) is 0.375. The van der Waals surface area contributed by atoms with Crippen LogP contribution in [0.15, 0.2) is 36.4 Å². The van der Waals surface area contributed by atoms with E-state index in [0.717, 1.165) is 4.90 Å². The van der Waals surface area contributed by atoms with Gasteiger partial charge in [0, 0.05) is 38.5 Å². The molecule has 0 radical (unpaired) electrons. The van der Waals surface area contributed by atoms with Crippen LogP contribution in [0.4, 0.5) is 26.3 Å². The summed E-state index contributed by atoms with van der Waals surface area (Å²) in [6, 6.07) is 5.65. The molecular weight excluding hydrogens is 563 g/mol. The number of likely N-dealkylation sites (tertiary alicyclic amines) is 1. The maximum atomic E-state index is 13.4. The van der Waals surface area contributed by atoms with Crippen LogP contribution >= 0.6 is 23.2 Å². The smallest absolute Gasteiger partial charge is 0.361 e. The molecule has 0 unspecified atom stereocenters. The van der Waals surface area contributed by atoms with Gasteiger partial charge >= 0.3 is 24.2 Å². The summed E-state index contributed by atoms with van der Waals surface area (Å²) >= 11 is 12.1. The zero-order valence-electron chi connectivity index (χ0n) is 19.7. The minimum atomic E-state index is -5.03. The number of piperidine rings is 1. The Kier molecular flexibility index (Phi) is 8.57. The highest BCUT2D eigenvalue weighted by Crippen LogP contribution is 2.38. The topological polar surface area (TPSA) is 83.7 Å². The van der Waals surface area contributed by atoms with E-state index < -0.39 is 59.6 Å². The van der Waals surface area contributed by atoms with E-state index >= 15 is 0 Å². The fourth-order valence-electron chi connectivity index (χ4n) is 4.41. The molecular formula is C24H21Cl2F6N3O3. The zero-order chi connectivity index (χ0) is 28.6. The predicted octanol–water partition coefficient (Wildman–Crippen LogP) is 5.11. The Balaban J connectivity index is 1.93. The summed E-state index contributed by atoms with van der Waals surface area (Å²) in [5, 5.41) is 0.382. The quantitative estimate of drug-likeness (QED) is 0.401. The molecule has 14 heteroatoms. The Morgan fingerprint density at radius 2 is 1.55 bits per heavy atom. The second-order valence-corrected chi connectivity index (χ2v) is 9.71. The van der Waals surface area contributed by atoms with Crippen molar-refractivity contribution in [2.24, 2.45) is 11.7 Å². The first-order valence-electron chi connectivity index (χ1n) is 11.1. The van der Waals surface area contributed by atoms with Gasteiger partial charge in [-0.05, 0) is 47.9 Å². The fourth-order valence-corrected chi connectivity index (χ4v) is 4.72. The number of amides is 3. The van der Waals surface area contributed by atoms with Crippen LogP contribution in [0, 0.1) is 5.92 Å². The van der Waals surface area contributed by atoms with Gasteiger partial charge in [-0.3, -0.25) is 14.4 Å². The van der Waals surface area contributed by atoms with Crippen molar-refractivity contribution in [2.75, 3.05) is 20.1 Å². The molecule has 0 bridgehead atoms. The Bertz CT molecular complexity index is 1220. The monoisotopic (exact) mass is 583 g/mol. The molecule has 3 amide bonds. The van der Waals surface area contributed by atoms with Crippen LogP contribution in [0.1, 0.15) is 34.6 Å². The number of halogens is 8. The average molecular weight is 584 g/mol. The largest absolute Gasteiger partial charge is 0.416 e. The summed E-state index contributed by atoms with van der Waals surface area (Å²) in [5.74, 6) is -4.30. The molecule has 6 nitrogen and oxygen atoms in total. The average Bonchev–Trinajstić information content (AvgIpc) is 2.83. The van der Waals surface area contributed by atoms with Crippen LogP contribution in [-0.4, -0.2) is 47.7 Å². The molecule has 1 heterocycles. The van der Waals surface area contributed by atoms with Crippen molar-refractivity contribution >= 4 is 40.9 Å². The van der Waals surface area contributed by atoms with Gasteiger partial charge in [-0.1, -0.05) is 29.3 Å². The lowest BCUT2D eigenvalue weighted by Gasteiger charge is -2.39. The molecule has 2 aromatic rings. The van der Waals surface area contributed by atoms with Gasteiger partial charge in [0.2, 0.25) is 5.91 Å². The number of hydrogen-bond acceptors (Lipinski definition) is 3. The Hall–Kier alpha value is -2.99. The number of benzene rings is 2. The van der Waals surface area contributed by atoms with Crippen LogP contribution in [0.25, 0.3) is 0 Å². The number of primary amides is 1. The Labute approximate surface area is 223 Å². The van der Waals surface area contributed by atoms with Gasteiger partial charge in [-0.15, -0.1) is 0 Å². The van der Waals surface area contributed by atoms with Crippen LogP contribution in [-0.2, 0) is 33.3 Å². The molecule has 1 fully saturated rings. The first kappa shape index (κ1) is 29.6. The molecule has 0 spiro atoms. The van der Waals surface area contributed by atoms with E-state index in [0.29, 0.717) is 17.7 Å². The molecule has 38 heavy (non-hydrogen) atoms. The van der Waals surface area contributed by atoms with Crippen molar-refractivity contribution in [3.63, 3.8) is 0 Å². The lowest BCUT2D eigenvalue weighted by Crippen LogP contribution is -2.50. The van der Waals surface area contributed by atoms with Crippen molar-refractivity contribution in [3.05, 3.63) is 68.7 Å². The number of carbonyl (C=O) groups excluding carboxylic acids is 3. The molecule has 1 aliphatic rings. The van der Waals surface area contributed by atoms with Crippen molar-refractivity contribution in [1.29, 1.82) is 0 Å². The summed E-state index contributed by atoms with van der Waals surface area (Å²) in [7, 11) is 1.25. The van der Waals surface area contributed by atoms with Crippen molar-refractivity contribution in [3.8, 4) is 0 Å². The van der Waals surface area contributed by atoms with Gasteiger partial charge in [0.15, 0.2) is 0 Å². The van der Waals surface area contributed by atoms with E-state index in [9.17, 15) is 40.7 Å². The van der Waals surface area contributed by atoms with Crippen LogP contribution in [0.3, 0.4) is 0 Å². The molecule has 1 saturated heterocycles. The summed E-state index contributed by atoms with van der Waals surface area (Å²) < 4.78 is 79.5. The lowest BCUT2D eigenvalue weighted by molar-refractivity contribution is -0.147. The first-order valence-corrected chi connectivity index (χ1v) is 11.8. The molecule has 2 atom stereocenters. The Morgan fingerprint density at radius 3 is 2.05 bits per heavy atom. The molecule has 2 N–H and O–H groups in total. The second kappa shape index (κ2) is 11.0. The summed E-state index contributed by atoms with van der Waals surface area (Å²) in [6.45, 7) is -0.669. The van der Waals surface area contributed by atoms with E-state index in [1.807, 2.05) is 0 Å². The molecule has 0 aromatic heterocycles. The van der Waals surface area contributed by atoms with Gasteiger partial charge in [0.25, 0.3) is 0 Å². The van der Waals surface area contributed by atoms with E-state index in [1.165, 1.54) is 24.1 Å². The summed E-state index contributed by atoms with van der Waals surface area (Å²) in [6.07, 6.45) is -10.0. The highest BCUT2D eigenvalue weighted by atomic mass is 35.5. The van der Waals surface area contributed by atoms with Gasteiger partial charge in [0.1, 0.15) is 0 Å². The number of carbonyl (C=O) groups is 3. The maximum absolute atomic E-state index is 13.4. The number of hydrogen-bond donors (Lipinski definition) is 1. The molecule has 0 aliphatic carbocycles. The molecule has 2 aromatic carbocycles. The van der Waals surface area contributed by atoms with Crippen molar-refractivity contribution in [2.45, 2.75) is 31.2 Å². The standard InChI is InChI=1S/C24H21Cl2F6N3O3/c1-34(10-12-6-14(23(27,28)29)9-15(7-12)24(30,31)32)21(37)16-4-5-35(22(38)20(33)36)11-17(16)13-2-3-18(25)19(26)8-13/h2-3,6-9,16-17H,4-5,10-11H2,1H3,(H2,33,36)/t16-,17+/m1/s1. The van der Waals surface area contributed by atoms with Gasteiger partial charge in [-0.25, -0.2) is 0 Å². The lowest BCUT2D eigenvalue weighted by atomic mass is 9.79. The third kappa shape index (κ3) is 6.71. The minimum absolute atomic E-state index is 0.0110. The van der Waals surface area contributed by atoms with Crippen LogP contribution in [0.2, 0.25) is 10.0 Å². The number of alkyl halides is 6. The minimum Gasteiger partial charge on any atom is -0.361 e. The molecule has 0 saturated carbocycles. The van der Waals surface area contributed by atoms with E-state index in [4.69, 9.17) is 28.9 Å². The third-order valence-corrected chi connectivity index (χ3v) is 6.98. The van der Waals surface area contributed by atoms with Crippen molar-refractivity contribution in [1.82, 2.24) is 9.80 Å². The second-order valence-electron chi connectivity index (χ2n) is 8.90. The van der Waals surface area contributed by atoms with Crippen LogP contribution < -0.4 is 5.73 Å². The Morgan fingerprint density at radius 1 is 0.974 bits per heavy atom. The van der Waals surface area contributed by atoms with Gasteiger partial charge in [0.05, 0.1) is 21.2 Å². The first-order chi connectivity index (χ1) is 17.5. The number of nitrogens with two attached hydrogens (primary N) is 1. The van der Waals surface area contributed by atoms with Gasteiger partial charge in [-0.2, -0.15) is 26.3 Å². The summed E-state index contributed by atoms with van der Waals surface area (Å²) in [4.78, 5) is 39.3. The van der Waals surface area contributed by atoms with E-state index in [2.05, 4.69) is 0 Å². The normalized spacial score (nSPS) is 18.3. The zero-order valence-corrected chi connectivity index (χ0v) is 21.2. The van der Waals surface area contributed by atoms with E-state index in [1.54, 1.807) is 6.07 Å². The third-order valence-electron chi connectivity index (χ3n) is 6.24. The molecule has 206 valence electrons. The van der Waals surface area contributed by atoms with Gasteiger partial charge < -0.3 is 15.5 Å². The summed E-state index contributed by atoms with van der Waals surface area (Å²) in [5.41, 5.74) is 2.25. The highest BCUT2D eigenvalue weighted by Gasteiger charge is 2.40. The molecule has 1 aliphatic heterocycles. The number of nitrogens with zero attached hydrogens (tertiary/aromatic N) is 2. The maximum Gasteiger partial charge on any atom is 0.416 e. The van der Waals surface area contributed by atoms with Crippen molar-refractivity contribution < 1.29 is 40.7 Å². The predicted molar refractivity (Wildman–Crippen MR) is 126 cm³/mol. The number of rotatable bonds is 4. The van der Waals surface area contributed by atoms with Crippen LogP contribution in [0.5, 0.6) is 0 Å². The van der Waals surface area contributed by atoms with E-state index in [-0.39, 0.29) is 41.2 Å². The highest BCUT2D eigenvalue weighted by molar-refractivity contribution is 6.42.